The minimum absolute atomic E-state index is 0.0485. The van der Waals surface area contributed by atoms with Crippen molar-refractivity contribution < 1.29 is 23.4 Å². The second-order valence-corrected chi connectivity index (χ2v) is 6.05. The Kier molecular flexibility index (Phi) is 5.28. The van der Waals surface area contributed by atoms with Crippen LogP contribution < -0.4 is 0 Å². The van der Waals surface area contributed by atoms with Crippen LogP contribution >= 0.6 is 0 Å². The molecule has 0 radical (unpaired) electrons. The number of amides is 1. The van der Waals surface area contributed by atoms with Crippen molar-refractivity contribution in [3.63, 3.8) is 0 Å². The van der Waals surface area contributed by atoms with E-state index in [0.717, 1.165) is 18.9 Å². The summed E-state index contributed by atoms with van der Waals surface area (Å²) >= 11 is 0. The molecule has 1 amide bonds. The highest BCUT2D eigenvalue weighted by Crippen LogP contribution is 2.23. The van der Waals surface area contributed by atoms with Crippen LogP contribution in [0.2, 0.25) is 0 Å². The number of ether oxygens (including phenoxy) is 1. The number of hydrogen-bond donors (Lipinski definition) is 1. The van der Waals surface area contributed by atoms with E-state index in [9.17, 15) is 18.7 Å². The first-order chi connectivity index (χ1) is 12.1. The van der Waals surface area contributed by atoms with Gasteiger partial charge in [0.2, 0.25) is 0 Å². The van der Waals surface area contributed by atoms with Crippen molar-refractivity contribution in [3.05, 3.63) is 65.2 Å². The van der Waals surface area contributed by atoms with Gasteiger partial charge in [-0.05, 0) is 31.0 Å². The number of phenols is 1. The molecule has 1 atom stereocenters. The number of carbonyl (C=O) groups is 1. The van der Waals surface area contributed by atoms with Crippen LogP contribution in [0.1, 0.15) is 28.8 Å². The first kappa shape index (κ1) is 17.4. The fourth-order valence-electron chi connectivity index (χ4n) is 2.94. The molecule has 6 heteroatoms. The van der Waals surface area contributed by atoms with Crippen molar-refractivity contribution >= 4 is 5.91 Å². The van der Waals surface area contributed by atoms with E-state index in [2.05, 4.69) is 0 Å². The summed E-state index contributed by atoms with van der Waals surface area (Å²) in [5.74, 6) is -2.81. The molecule has 1 aliphatic heterocycles. The van der Waals surface area contributed by atoms with Crippen LogP contribution in [0.25, 0.3) is 0 Å². The van der Waals surface area contributed by atoms with Gasteiger partial charge in [0.1, 0.15) is 5.75 Å². The molecule has 1 saturated heterocycles. The van der Waals surface area contributed by atoms with E-state index >= 15 is 0 Å². The Bertz CT molecular complexity index is 760. The van der Waals surface area contributed by atoms with Crippen molar-refractivity contribution in [2.24, 2.45) is 0 Å². The molecule has 0 saturated carbocycles. The summed E-state index contributed by atoms with van der Waals surface area (Å²) in [5.41, 5.74) is 0.207. The molecule has 0 bridgehead atoms. The van der Waals surface area contributed by atoms with Gasteiger partial charge in [-0.25, -0.2) is 8.78 Å². The number of aromatic hydroxyl groups is 1. The van der Waals surface area contributed by atoms with E-state index in [4.69, 9.17) is 4.74 Å². The molecule has 2 aromatic carbocycles. The fraction of sp³-hybridized carbons (Fsp3) is 0.316. The highest BCUT2D eigenvalue weighted by molar-refractivity contribution is 5.94. The molecule has 132 valence electrons. The summed E-state index contributed by atoms with van der Waals surface area (Å²) < 4.78 is 33.1. The maximum Gasteiger partial charge on any atom is 0.257 e. The molecule has 0 aliphatic carbocycles. The number of nitrogens with zero attached hydrogens (tertiary/aromatic N) is 1. The third kappa shape index (κ3) is 3.96. The van der Waals surface area contributed by atoms with Gasteiger partial charge in [-0.15, -0.1) is 0 Å². The van der Waals surface area contributed by atoms with E-state index in [1.165, 1.54) is 23.1 Å². The Morgan fingerprint density at radius 1 is 1.20 bits per heavy atom. The Morgan fingerprint density at radius 2 is 2.00 bits per heavy atom. The number of halogens is 2. The largest absolute Gasteiger partial charge is 0.508 e. The molecule has 2 aromatic rings. The van der Waals surface area contributed by atoms with Gasteiger partial charge in [-0.3, -0.25) is 4.79 Å². The molecule has 1 fully saturated rings. The first-order valence-electron chi connectivity index (χ1n) is 8.18. The number of benzene rings is 2. The van der Waals surface area contributed by atoms with Gasteiger partial charge < -0.3 is 14.7 Å². The molecule has 3 rings (SSSR count). The standard InChI is InChI=1S/C19H19F2NO3/c20-16-8-3-7-15(18(16)21)19(24)22(12-14-6-4-10-25-14)11-13-5-1-2-9-17(13)23/h1-3,5,7-9,14,23H,4,6,10-12H2. The van der Waals surface area contributed by atoms with Crippen LogP contribution in [0.15, 0.2) is 42.5 Å². The molecule has 25 heavy (non-hydrogen) atoms. The number of hydrogen-bond acceptors (Lipinski definition) is 3. The molecular formula is C19H19F2NO3. The van der Waals surface area contributed by atoms with Gasteiger partial charge in [-0.2, -0.15) is 0 Å². The average molecular weight is 347 g/mol. The molecule has 0 aromatic heterocycles. The average Bonchev–Trinajstić information content (AvgIpc) is 3.11. The lowest BCUT2D eigenvalue weighted by Crippen LogP contribution is -2.37. The van der Waals surface area contributed by atoms with Crippen LogP contribution in [0.3, 0.4) is 0 Å². The maximum absolute atomic E-state index is 14.0. The van der Waals surface area contributed by atoms with Crippen molar-refractivity contribution in [2.45, 2.75) is 25.5 Å². The number of rotatable bonds is 5. The van der Waals surface area contributed by atoms with E-state index in [0.29, 0.717) is 12.2 Å². The fourth-order valence-corrected chi connectivity index (χ4v) is 2.94. The topological polar surface area (TPSA) is 49.8 Å². The normalized spacial score (nSPS) is 16.8. The van der Waals surface area contributed by atoms with E-state index in [1.54, 1.807) is 18.2 Å². The van der Waals surface area contributed by atoms with Gasteiger partial charge >= 0.3 is 0 Å². The lowest BCUT2D eigenvalue weighted by Gasteiger charge is -2.26. The molecule has 4 nitrogen and oxygen atoms in total. The van der Waals surface area contributed by atoms with Crippen molar-refractivity contribution in [1.82, 2.24) is 4.90 Å². The van der Waals surface area contributed by atoms with Gasteiger partial charge in [-0.1, -0.05) is 24.3 Å². The second kappa shape index (κ2) is 7.61. The maximum atomic E-state index is 14.0. The monoisotopic (exact) mass is 347 g/mol. The minimum atomic E-state index is -1.16. The molecule has 1 N–H and O–H groups in total. The highest BCUT2D eigenvalue weighted by atomic mass is 19.2. The zero-order valence-electron chi connectivity index (χ0n) is 13.6. The third-order valence-corrected chi connectivity index (χ3v) is 4.27. The zero-order chi connectivity index (χ0) is 17.8. The van der Waals surface area contributed by atoms with Crippen LogP contribution in [-0.2, 0) is 11.3 Å². The predicted octanol–water partition coefficient (Wildman–Crippen LogP) is 3.49. The zero-order valence-corrected chi connectivity index (χ0v) is 13.6. The van der Waals surface area contributed by atoms with Crippen molar-refractivity contribution in [2.75, 3.05) is 13.2 Å². The molecule has 1 unspecified atom stereocenters. The molecule has 0 spiro atoms. The predicted molar refractivity (Wildman–Crippen MR) is 88.2 cm³/mol. The van der Waals surface area contributed by atoms with Crippen LogP contribution in [0, 0.1) is 11.6 Å². The highest BCUT2D eigenvalue weighted by Gasteiger charge is 2.26. The summed E-state index contributed by atoms with van der Waals surface area (Å²) in [6, 6.07) is 10.2. The van der Waals surface area contributed by atoms with Gasteiger partial charge in [0.25, 0.3) is 5.91 Å². The number of phenolic OH excluding ortho intramolecular Hbond substituents is 1. The van der Waals surface area contributed by atoms with Crippen LogP contribution in [0.4, 0.5) is 8.78 Å². The Labute approximate surface area is 144 Å². The van der Waals surface area contributed by atoms with Gasteiger partial charge in [0.05, 0.1) is 11.7 Å². The summed E-state index contributed by atoms with van der Waals surface area (Å²) in [5, 5.41) is 9.97. The number of para-hydroxylation sites is 1. The van der Waals surface area contributed by atoms with E-state index < -0.39 is 17.5 Å². The van der Waals surface area contributed by atoms with Crippen LogP contribution in [-0.4, -0.2) is 35.2 Å². The quantitative estimate of drug-likeness (QED) is 0.901. The smallest absolute Gasteiger partial charge is 0.257 e. The van der Waals surface area contributed by atoms with Gasteiger partial charge in [0, 0.05) is 25.3 Å². The Morgan fingerprint density at radius 3 is 2.72 bits per heavy atom. The summed E-state index contributed by atoms with van der Waals surface area (Å²) in [6.07, 6.45) is 1.56. The van der Waals surface area contributed by atoms with Crippen molar-refractivity contribution in [3.8, 4) is 5.75 Å². The first-order valence-corrected chi connectivity index (χ1v) is 8.18. The van der Waals surface area contributed by atoms with Crippen LogP contribution in [0.5, 0.6) is 5.75 Å². The second-order valence-electron chi connectivity index (χ2n) is 6.05. The van der Waals surface area contributed by atoms with Gasteiger partial charge in [0.15, 0.2) is 11.6 Å². The van der Waals surface area contributed by atoms with E-state index in [-0.39, 0.29) is 30.5 Å². The summed E-state index contributed by atoms with van der Waals surface area (Å²) in [7, 11) is 0. The summed E-state index contributed by atoms with van der Waals surface area (Å²) in [4.78, 5) is 14.2. The lowest BCUT2D eigenvalue weighted by atomic mass is 10.1. The Hall–Kier alpha value is -2.47. The molecule has 1 heterocycles. The lowest BCUT2D eigenvalue weighted by molar-refractivity contribution is 0.0501. The SMILES string of the molecule is O=C(c1cccc(F)c1F)N(Cc1ccccc1O)CC1CCCO1. The molecular weight excluding hydrogens is 328 g/mol. The molecule has 1 aliphatic rings. The minimum Gasteiger partial charge on any atom is -0.508 e. The Balaban J connectivity index is 1.88. The van der Waals surface area contributed by atoms with Crippen molar-refractivity contribution in [1.29, 1.82) is 0 Å². The van der Waals surface area contributed by atoms with E-state index in [1.807, 2.05) is 0 Å². The summed E-state index contributed by atoms with van der Waals surface area (Å²) in [6.45, 7) is 0.960. The third-order valence-electron chi connectivity index (χ3n) is 4.27. The number of carbonyl (C=O) groups excluding carboxylic acids is 1.